The minimum absolute atomic E-state index is 0.00182. The summed E-state index contributed by atoms with van der Waals surface area (Å²) in [5.74, 6) is 1.11. The monoisotopic (exact) mass is 581 g/mol. The van der Waals surface area contributed by atoms with Gasteiger partial charge in [-0.1, -0.05) is 23.8 Å². The van der Waals surface area contributed by atoms with Gasteiger partial charge in [0.2, 0.25) is 0 Å². The molecule has 2 aromatic carbocycles. The lowest BCUT2D eigenvalue weighted by Crippen LogP contribution is -2.63. The Bertz CT molecular complexity index is 1320. The predicted octanol–water partition coefficient (Wildman–Crippen LogP) is 7.39. The number of rotatable bonds is 6. The number of morpholine rings is 1. The van der Waals surface area contributed by atoms with Crippen LogP contribution in [0.2, 0.25) is 0 Å². The largest absolute Gasteiger partial charge is 0.489 e. The van der Waals surface area contributed by atoms with Gasteiger partial charge in [-0.2, -0.15) is 0 Å². The summed E-state index contributed by atoms with van der Waals surface area (Å²) >= 11 is 0. The number of benzene rings is 2. The highest BCUT2D eigenvalue weighted by Crippen LogP contribution is 2.54. The fourth-order valence-corrected chi connectivity index (χ4v) is 6.24. The van der Waals surface area contributed by atoms with Crippen molar-refractivity contribution in [2.45, 2.75) is 90.3 Å². The van der Waals surface area contributed by atoms with Crippen molar-refractivity contribution in [3.63, 3.8) is 0 Å². The number of ether oxygens (including phenoxy) is 5. The van der Waals surface area contributed by atoms with Crippen LogP contribution in [-0.2, 0) is 20.8 Å². The molecule has 7 nitrogen and oxygen atoms in total. The van der Waals surface area contributed by atoms with Gasteiger partial charge in [-0.05, 0) is 90.6 Å². The van der Waals surface area contributed by atoms with Gasteiger partial charge in [-0.25, -0.2) is 9.18 Å². The molecule has 0 N–H and O–H groups in total. The van der Waals surface area contributed by atoms with Gasteiger partial charge < -0.3 is 28.6 Å². The molecule has 8 heteroatoms. The number of carbonyl (C=O) groups is 1. The first kappa shape index (κ1) is 30.4. The molecule has 0 saturated carbocycles. The zero-order valence-corrected chi connectivity index (χ0v) is 25.7. The average Bonchev–Trinajstić information content (AvgIpc) is 2.91. The van der Waals surface area contributed by atoms with Crippen LogP contribution in [0.15, 0.2) is 54.1 Å². The van der Waals surface area contributed by atoms with Crippen molar-refractivity contribution in [2.75, 3.05) is 26.3 Å². The van der Waals surface area contributed by atoms with Crippen molar-refractivity contribution in [2.24, 2.45) is 5.92 Å². The molecule has 0 radical (unpaired) electrons. The maximum absolute atomic E-state index is 13.6. The topological polar surface area (TPSA) is 66.5 Å². The van der Waals surface area contributed by atoms with Crippen molar-refractivity contribution in [1.82, 2.24) is 4.90 Å². The van der Waals surface area contributed by atoms with Crippen LogP contribution in [0.1, 0.15) is 78.0 Å². The summed E-state index contributed by atoms with van der Waals surface area (Å²) in [6.07, 6.45) is 4.08. The highest BCUT2D eigenvalue weighted by molar-refractivity contribution is 5.68. The second-order valence-corrected chi connectivity index (χ2v) is 13.3. The van der Waals surface area contributed by atoms with Crippen LogP contribution in [-0.4, -0.2) is 54.1 Å². The SMILES string of the molecule is CC(C)=CCC[C@@]1(C)Oc2cc(OCc3cccc(F)c3)ccc2[C@H]2OC[C@@]3(C[C@@H]21)CN(C(=O)OC(C)(C)C)CCO3. The first-order chi connectivity index (χ1) is 19.8. The summed E-state index contributed by atoms with van der Waals surface area (Å²) in [7, 11) is 0. The third-order valence-electron chi connectivity index (χ3n) is 8.29. The molecule has 2 fully saturated rings. The van der Waals surface area contributed by atoms with Crippen molar-refractivity contribution in [3.8, 4) is 11.5 Å². The minimum Gasteiger partial charge on any atom is -0.489 e. The Morgan fingerprint density at radius 3 is 2.74 bits per heavy atom. The zero-order valence-electron chi connectivity index (χ0n) is 25.7. The van der Waals surface area contributed by atoms with Crippen molar-refractivity contribution in [3.05, 3.63) is 71.1 Å². The van der Waals surface area contributed by atoms with Crippen LogP contribution >= 0.6 is 0 Å². The first-order valence-corrected chi connectivity index (χ1v) is 14.9. The van der Waals surface area contributed by atoms with Gasteiger partial charge in [0.25, 0.3) is 0 Å². The molecule has 4 atom stereocenters. The van der Waals surface area contributed by atoms with Gasteiger partial charge in [-0.15, -0.1) is 0 Å². The summed E-state index contributed by atoms with van der Waals surface area (Å²) in [6, 6.07) is 12.3. The van der Waals surface area contributed by atoms with Gasteiger partial charge in [0, 0.05) is 24.1 Å². The summed E-state index contributed by atoms with van der Waals surface area (Å²) < 4.78 is 45.2. The van der Waals surface area contributed by atoms with E-state index in [1.807, 2.05) is 45.0 Å². The molecule has 3 aliphatic heterocycles. The lowest BCUT2D eigenvalue weighted by Gasteiger charge is -2.55. The normalized spacial score (nSPS) is 27.0. The van der Waals surface area contributed by atoms with Gasteiger partial charge in [0.1, 0.15) is 40.7 Å². The Morgan fingerprint density at radius 2 is 2.00 bits per heavy atom. The molecule has 0 unspecified atom stereocenters. The van der Waals surface area contributed by atoms with Crippen molar-refractivity contribution < 1.29 is 32.9 Å². The summed E-state index contributed by atoms with van der Waals surface area (Å²) in [6.45, 7) is 13.9. The Labute approximate surface area is 248 Å². The number of halogens is 1. The Hall–Kier alpha value is -3.10. The number of allylic oxidation sites excluding steroid dienone is 2. The Morgan fingerprint density at radius 1 is 1.19 bits per heavy atom. The maximum atomic E-state index is 13.6. The van der Waals surface area contributed by atoms with Crippen molar-refractivity contribution >= 4 is 6.09 Å². The van der Waals surface area contributed by atoms with Gasteiger partial charge in [-0.3, -0.25) is 0 Å². The number of fused-ring (bicyclic) bond motifs is 3. The molecular formula is C34H44FNO6. The molecule has 5 rings (SSSR count). The molecule has 3 aliphatic rings. The molecule has 0 bridgehead atoms. The summed E-state index contributed by atoms with van der Waals surface area (Å²) in [4.78, 5) is 14.7. The van der Waals surface area contributed by atoms with E-state index in [1.54, 1.807) is 11.0 Å². The summed E-state index contributed by atoms with van der Waals surface area (Å²) in [5, 5.41) is 0. The number of hydrogen-bond donors (Lipinski definition) is 0. The third kappa shape index (κ3) is 6.92. The molecule has 0 aromatic heterocycles. The fourth-order valence-electron chi connectivity index (χ4n) is 6.24. The van der Waals surface area contributed by atoms with E-state index in [4.69, 9.17) is 23.7 Å². The van der Waals surface area contributed by atoms with Crippen LogP contribution in [0.25, 0.3) is 0 Å². The molecule has 228 valence electrons. The maximum Gasteiger partial charge on any atom is 0.410 e. The summed E-state index contributed by atoms with van der Waals surface area (Å²) in [5.41, 5.74) is 1.25. The smallest absolute Gasteiger partial charge is 0.410 e. The standard InChI is InChI=1S/C34H44FNO6/c1-23(2)9-8-14-33(6)28-19-34(21-36(15-16-40-34)31(37)42-32(3,4)5)22-39-30(28)27-13-12-26(18-29(27)41-33)38-20-24-10-7-11-25(35)17-24/h7,9-13,17-18,28,30H,8,14-16,19-22H2,1-6H3/t28-,30+,33+,34+/m0/s1. The lowest BCUT2D eigenvalue weighted by atomic mass is 9.69. The quantitative estimate of drug-likeness (QED) is 0.332. The Kier molecular flexibility index (Phi) is 8.59. The first-order valence-electron chi connectivity index (χ1n) is 14.9. The Balaban J connectivity index is 1.38. The number of amides is 1. The van der Waals surface area contributed by atoms with Gasteiger partial charge >= 0.3 is 6.09 Å². The van der Waals surface area contributed by atoms with Gasteiger partial charge in [0.15, 0.2) is 0 Å². The van der Waals surface area contributed by atoms with E-state index < -0.39 is 16.8 Å². The molecular weight excluding hydrogens is 537 g/mol. The van der Waals surface area contributed by atoms with Gasteiger partial charge in [0.05, 0.1) is 25.9 Å². The second kappa shape index (κ2) is 11.9. The van der Waals surface area contributed by atoms with Crippen LogP contribution in [0, 0.1) is 11.7 Å². The van der Waals surface area contributed by atoms with Crippen LogP contribution < -0.4 is 9.47 Å². The molecule has 1 amide bonds. The predicted molar refractivity (Wildman–Crippen MR) is 158 cm³/mol. The highest BCUT2D eigenvalue weighted by atomic mass is 19.1. The zero-order chi connectivity index (χ0) is 30.1. The van der Waals surface area contributed by atoms with Crippen LogP contribution in [0.5, 0.6) is 11.5 Å². The molecule has 1 spiro atoms. The van der Waals surface area contributed by atoms with Crippen molar-refractivity contribution in [1.29, 1.82) is 0 Å². The van der Waals surface area contributed by atoms with Crippen LogP contribution in [0.3, 0.4) is 0 Å². The second-order valence-electron chi connectivity index (χ2n) is 13.3. The number of nitrogens with zero attached hydrogens (tertiary/aromatic N) is 1. The molecule has 42 heavy (non-hydrogen) atoms. The number of hydrogen-bond acceptors (Lipinski definition) is 6. The van der Waals surface area contributed by atoms with E-state index in [1.165, 1.54) is 17.7 Å². The fraction of sp³-hybridized carbons (Fsp3) is 0.559. The third-order valence-corrected chi connectivity index (χ3v) is 8.29. The molecule has 2 saturated heterocycles. The van der Waals surface area contributed by atoms with E-state index in [-0.39, 0.29) is 30.5 Å². The number of carbonyl (C=O) groups excluding carboxylic acids is 1. The lowest BCUT2D eigenvalue weighted by molar-refractivity contribution is -0.231. The van der Waals surface area contributed by atoms with E-state index in [0.717, 1.165) is 29.7 Å². The molecule has 0 aliphatic carbocycles. The van der Waals surface area contributed by atoms with E-state index >= 15 is 0 Å². The average molecular weight is 582 g/mol. The molecule has 3 heterocycles. The minimum atomic E-state index is -0.636. The van der Waals surface area contributed by atoms with E-state index in [0.29, 0.717) is 38.5 Å². The van der Waals surface area contributed by atoms with Crippen LogP contribution in [0.4, 0.5) is 9.18 Å². The molecule has 2 aromatic rings. The van der Waals surface area contributed by atoms with E-state index in [9.17, 15) is 9.18 Å². The highest BCUT2D eigenvalue weighted by Gasteiger charge is 2.55. The van der Waals surface area contributed by atoms with E-state index in [2.05, 4.69) is 26.8 Å².